The highest BCUT2D eigenvalue weighted by Gasteiger charge is 2.16. The van der Waals surface area contributed by atoms with Crippen LogP contribution in [0.3, 0.4) is 0 Å². The van der Waals surface area contributed by atoms with Crippen molar-refractivity contribution >= 4 is 12.2 Å². The molecule has 0 spiro atoms. The van der Waals surface area contributed by atoms with Crippen LogP contribution in [-0.2, 0) is 5.41 Å². The van der Waals surface area contributed by atoms with Gasteiger partial charge in [-0.2, -0.15) is 0 Å². The summed E-state index contributed by atoms with van der Waals surface area (Å²) in [5.74, 6) is 0. The van der Waals surface area contributed by atoms with E-state index < -0.39 is 0 Å². The Bertz CT molecular complexity index is 339. The van der Waals surface area contributed by atoms with Crippen LogP contribution < -0.4 is 0 Å². The van der Waals surface area contributed by atoms with Crippen molar-refractivity contribution < 1.29 is 0 Å². The molecule has 0 aliphatic carbocycles. The summed E-state index contributed by atoms with van der Waals surface area (Å²) in [5, 5.41) is 3.33. The molecular weight excluding hydrogens is 180 g/mol. The number of nitrogens with one attached hydrogen (secondary N) is 1. The summed E-state index contributed by atoms with van der Waals surface area (Å²) >= 11 is 5.25. The molecule has 2 nitrogen and oxygen atoms in total. The van der Waals surface area contributed by atoms with E-state index in [2.05, 4.69) is 45.8 Å². The summed E-state index contributed by atoms with van der Waals surface area (Å²) < 4.78 is 2.91. The molecule has 0 fully saturated rings. The van der Waals surface area contributed by atoms with E-state index in [9.17, 15) is 0 Å². The Morgan fingerprint density at radius 3 is 2.15 bits per heavy atom. The maximum absolute atomic E-state index is 5.25. The van der Waals surface area contributed by atoms with Gasteiger partial charge in [0, 0.05) is 17.2 Å². The van der Waals surface area contributed by atoms with E-state index in [0.717, 1.165) is 4.64 Å². The fourth-order valence-electron chi connectivity index (χ4n) is 1.18. The van der Waals surface area contributed by atoms with Gasteiger partial charge in [-0.15, -0.1) is 0 Å². The zero-order valence-electron chi connectivity index (χ0n) is 9.01. The third kappa shape index (κ3) is 2.21. The van der Waals surface area contributed by atoms with Crippen LogP contribution in [0.1, 0.15) is 46.4 Å². The van der Waals surface area contributed by atoms with E-state index in [1.54, 1.807) is 0 Å². The summed E-state index contributed by atoms with van der Waals surface area (Å²) in [6.07, 6.45) is 0. The van der Waals surface area contributed by atoms with Crippen LogP contribution >= 0.6 is 12.2 Å². The first-order valence-corrected chi connectivity index (χ1v) is 5.05. The molecular formula is C10H18N2S. The van der Waals surface area contributed by atoms with Crippen LogP contribution in [0.4, 0.5) is 0 Å². The average Bonchev–Trinajstić information content (AvgIpc) is 2.29. The predicted molar refractivity (Wildman–Crippen MR) is 58.7 cm³/mol. The standard InChI is InChI=1S/C10H18N2S/c1-7(2)12-9(13)6-8(11-12)10(3,4)5/h6-7,11H,1-5H3. The van der Waals surface area contributed by atoms with Crippen molar-refractivity contribution in [3.8, 4) is 0 Å². The van der Waals surface area contributed by atoms with E-state index in [0.29, 0.717) is 6.04 Å². The number of hydrogen-bond acceptors (Lipinski definition) is 1. The number of aromatic nitrogens is 2. The first-order valence-electron chi connectivity index (χ1n) is 4.64. The van der Waals surface area contributed by atoms with Crippen LogP contribution in [0.2, 0.25) is 0 Å². The monoisotopic (exact) mass is 198 g/mol. The second-order valence-corrected chi connectivity index (χ2v) is 5.14. The minimum absolute atomic E-state index is 0.147. The van der Waals surface area contributed by atoms with Crippen molar-refractivity contribution in [2.45, 2.75) is 46.1 Å². The molecule has 0 aromatic carbocycles. The molecule has 0 amide bonds. The van der Waals surface area contributed by atoms with E-state index >= 15 is 0 Å². The zero-order chi connectivity index (χ0) is 10.2. The third-order valence-corrected chi connectivity index (χ3v) is 2.39. The summed E-state index contributed by atoms with van der Waals surface area (Å²) in [7, 11) is 0. The van der Waals surface area contributed by atoms with Crippen LogP contribution in [0.25, 0.3) is 0 Å². The van der Waals surface area contributed by atoms with Crippen molar-refractivity contribution in [2.75, 3.05) is 0 Å². The Balaban J connectivity index is 3.18. The van der Waals surface area contributed by atoms with E-state index in [4.69, 9.17) is 12.2 Å². The fourth-order valence-corrected chi connectivity index (χ4v) is 1.55. The van der Waals surface area contributed by atoms with E-state index in [1.807, 2.05) is 4.68 Å². The predicted octanol–water partition coefficient (Wildman–Crippen LogP) is 3.42. The molecule has 13 heavy (non-hydrogen) atoms. The van der Waals surface area contributed by atoms with Gasteiger partial charge in [-0.25, -0.2) is 0 Å². The van der Waals surface area contributed by atoms with Crippen LogP contribution in [0.5, 0.6) is 0 Å². The lowest BCUT2D eigenvalue weighted by Crippen LogP contribution is -2.13. The van der Waals surface area contributed by atoms with Crippen LogP contribution in [-0.4, -0.2) is 9.78 Å². The number of aromatic amines is 1. The minimum atomic E-state index is 0.147. The molecule has 0 bridgehead atoms. The topological polar surface area (TPSA) is 20.7 Å². The van der Waals surface area contributed by atoms with E-state index in [-0.39, 0.29) is 5.41 Å². The zero-order valence-corrected chi connectivity index (χ0v) is 9.83. The van der Waals surface area contributed by atoms with Crippen molar-refractivity contribution in [1.82, 2.24) is 9.78 Å². The molecule has 3 heteroatoms. The number of H-pyrrole nitrogens is 1. The Morgan fingerprint density at radius 2 is 1.92 bits per heavy atom. The summed E-state index contributed by atoms with van der Waals surface area (Å²) in [6.45, 7) is 10.8. The highest BCUT2D eigenvalue weighted by Crippen LogP contribution is 2.21. The first kappa shape index (κ1) is 10.5. The summed E-state index contributed by atoms with van der Waals surface area (Å²) in [5.41, 5.74) is 1.35. The molecule has 0 saturated carbocycles. The van der Waals surface area contributed by atoms with Crippen LogP contribution in [0, 0.1) is 4.64 Å². The van der Waals surface area contributed by atoms with Gasteiger partial charge in [0.2, 0.25) is 0 Å². The second-order valence-electron chi connectivity index (χ2n) is 4.72. The van der Waals surface area contributed by atoms with Gasteiger partial charge in [0.25, 0.3) is 0 Å². The largest absolute Gasteiger partial charge is 0.301 e. The molecule has 1 N–H and O–H groups in total. The lowest BCUT2D eigenvalue weighted by molar-refractivity contribution is 0.491. The molecule has 0 aliphatic heterocycles. The molecule has 74 valence electrons. The summed E-state index contributed by atoms with van der Waals surface area (Å²) in [6, 6.07) is 2.46. The molecule has 0 atom stereocenters. The third-order valence-electron chi connectivity index (χ3n) is 2.07. The maximum Gasteiger partial charge on any atom is 0.122 e. The fraction of sp³-hybridized carbons (Fsp3) is 0.700. The minimum Gasteiger partial charge on any atom is -0.301 e. The highest BCUT2D eigenvalue weighted by atomic mass is 32.1. The normalized spacial score (nSPS) is 12.5. The smallest absolute Gasteiger partial charge is 0.122 e. The van der Waals surface area contributed by atoms with Crippen LogP contribution in [0.15, 0.2) is 6.07 Å². The van der Waals surface area contributed by atoms with Gasteiger partial charge in [0.15, 0.2) is 0 Å². The van der Waals surface area contributed by atoms with Crippen molar-refractivity contribution in [1.29, 1.82) is 0 Å². The van der Waals surface area contributed by atoms with Crippen molar-refractivity contribution in [3.05, 3.63) is 16.4 Å². The molecule has 0 saturated heterocycles. The number of hydrogen-bond donors (Lipinski definition) is 1. The Kier molecular flexibility index (Phi) is 2.66. The Hall–Kier alpha value is -0.570. The quantitative estimate of drug-likeness (QED) is 0.686. The van der Waals surface area contributed by atoms with Gasteiger partial charge in [-0.05, 0) is 19.9 Å². The van der Waals surface area contributed by atoms with Gasteiger partial charge in [0.1, 0.15) is 4.64 Å². The summed E-state index contributed by atoms with van der Waals surface area (Å²) in [4.78, 5) is 0. The van der Waals surface area contributed by atoms with Gasteiger partial charge in [0.05, 0.1) is 0 Å². The average molecular weight is 198 g/mol. The Morgan fingerprint density at radius 1 is 1.38 bits per heavy atom. The van der Waals surface area contributed by atoms with E-state index in [1.165, 1.54) is 5.69 Å². The molecule has 1 heterocycles. The maximum atomic E-state index is 5.25. The lowest BCUT2D eigenvalue weighted by atomic mass is 9.93. The number of nitrogens with zero attached hydrogens (tertiary/aromatic N) is 1. The molecule has 0 unspecified atom stereocenters. The second kappa shape index (κ2) is 3.29. The first-order chi connectivity index (χ1) is 5.82. The highest BCUT2D eigenvalue weighted by molar-refractivity contribution is 7.71. The van der Waals surface area contributed by atoms with Gasteiger partial charge in [-0.1, -0.05) is 33.0 Å². The molecule has 1 aromatic rings. The van der Waals surface area contributed by atoms with Crippen molar-refractivity contribution in [3.63, 3.8) is 0 Å². The van der Waals surface area contributed by atoms with Gasteiger partial charge < -0.3 is 5.10 Å². The molecule has 1 rings (SSSR count). The lowest BCUT2D eigenvalue weighted by Gasteiger charge is -2.16. The number of rotatable bonds is 1. The van der Waals surface area contributed by atoms with Crippen molar-refractivity contribution in [2.24, 2.45) is 0 Å². The van der Waals surface area contributed by atoms with Gasteiger partial charge in [-0.3, -0.25) is 4.68 Å². The molecule has 1 aromatic heterocycles. The van der Waals surface area contributed by atoms with Gasteiger partial charge >= 0.3 is 0 Å². The Labute approximate surface area is 85.0 Å². The molecule has 0 aliphatic rings. The SMILES string of the molecule is CC(C)n1[nH]c(C(C)(C)C)cc1=S. The molecule has 0 radical (unpaired) electrons.